The number of imidazole rings is 1. The quantitative estimate of drug-likeness (QED) is 0.900. The van der Waals surface area contributed by atoms with Crippen molar-refractivity contribution < 1.29 is 9.47 Å². The molecule has 1 N–H and O–H groups in total. The molecule has 0 atom stereocenters. The van der Waals surface area contributed by atoms with Gasteiger partial charge in [-0.2, -0.15) is 5.26 Å². The number of ether oxygens (including phenoxy) is 2. The highest BCUT2D eigenvalue weighted by Gasteiger charge is 2.43. The average molecular weight is 267 g/mol. The van der Waals surface area contributed by atoms with Gasteiger partial charge in [0.15, 0.2) is 5.41 Å². The molecule has 0 unspecified atom stereocenters. The Morgan fingerprint density at radius 2 is 2.25 bits per heavy atom. The van der Waals surface area contributed by atoms with E-state index < -0.39 is 5.41 Å². The lowest BCUT2D eigenvalue weighted by Gasteiger charge is -2.32. The minimum Gasteiger partial charge on any atom is -0.493 e. The van der Waals surface area contributed by atoms with E-state index in [-0.39, 0.29) is 0 Å². The number of benzene rings is 1. The van der Waals surface area contributed by atoms with Gasteiger partial charge in [0.25, 0.3) is 0 Å². The van der Waals surface area contributed by atoms with Crippen LogP contribution in [0.25, 0.3) is 11.3 Å². The molecule has 1 aromatic heterocycles. The summed E-state index contributed by atoms with van der Waals surface area (Å²) in [5, 5.41) is 9.29. The first kappa shape index (κ1) is 11.5. The number of fused-ring (bicyclic) bond motifs is 1. The third kappa shape index (κ3) is 1.55. The molecule has 5 nitrogen and oxygen atoms in total. The zero-order valence-corrected chi connectivity index (χ0v) is 10.8. The molecule has 5 heteroatoms. The lowest BCUT2D eigenvalue weighted by molar-refractivity contribution is -0.0335. The molecule has 0 saturated carbocycles. The van der Waals surface area contributed by atoms with E-state index in [0.717, 1.165) is 30.0 Å². The van der Waals surface area contributed by atoms with Crippen LogP contribution in [0.4, 0.5) is 0 Å². The Morgan fingerprint density at radius 3 is 3.00 bits per heavy atom. The molecule has 0 spiro atoms. The molecule has 2 aromatic rings. The summed E-state index contributed by atoms with van der Waals surface area (Å²) < 4.78 is 10.7. The number of aromatic nitrogens is 2. The molecule has 4 rings (SSSR count). The summed E-state index contributed by atoms with van der Waals surface area (Å²) in [6, 6.07) is 8.42. The van der Waals surface area contributed by atoms with Crippen molar-refractivity contribution in [3.63, 3.8) is 0 Å². The zero-order valence-electron chi connectivity index (χ0n) is 10.8. The van der Waals surface area contributed by atoms with Crippen molar-refractivity contribution in [3.05, 3.63) is 35.8 Å². The summed E-state index contributed by atoms with van der Waals surface area (Å²) in [6.45, 7) is 1.57. The van der Waals surface area contributed by atoms with Crippen molar-refractivity contribution in [2.45, 2.75) is 11.8 Å². The number of nitrogens with zero attached hydrogens (tertiary/aromatic N) is 2. The van der Waals surface area contributed by atoms with E-state index in [1.54, 1.807) is 6.20 Å². The summed E-state index contributed by atoms with van der Waals surface area (Å²) in [4.78, 5) is 7.62. The monoisotopic (exact) mass is 267 g/mol. The molecular formula is C15H13N3O2. The van der Waals surface area contributed by atoms with Gasteiger partial charge in [0.05, 0.1) is 37.8 Å². The van der Waals surface area contributed by atoms with Crippen molar-refractivity contribution in [3.8, 4) is 23.1 Å². The van der Waals surface area contributed by atoms with Crippen molar-refractivity contribution in [2.24, 2.45) is 0 Å². The Bertz CT molecular complexity index is 710. The summed E-state index contributed by atoms with van der Waals surface area (Å²) in [6.07, 6.45) is 2.73. The van der Waals surface area contributed by atoms with E-state index in [1.807, 2.05) is 12.1 Å². The minimum atomic E-state index is -0.599. The lowest BCUT2D eigenvalue weighted by atomic mass is 9.87. The second-order valence-electron chi connectivity index (χ2n) is 5.25. The lowest BCUT2D eigenvalue weighted by Crippen LogP contribution is -2.46. The summed E-state index contributed by atoms with van der Waals surface area (Å²) in [7, 11) is 0. The normalized spacial score (nSPS) is 18.8. The fraction of sp³-hybridized carbons (Fsp3) is 0.333. The molecule has 0 bridgehead atoms. The second-order valence-corrected chi connectivity index (χ2v) is 5.25. The molecule has 0 amide bonds. The van der Waals surface area contributed by atoms with Gasteiger partial charge >= 0.3 is 0 Å². The van der Waals surface area contributed by atoms with Crippen LogP contribution >= 0.6 is 0 Å². The van der Waals surface area contributed by atoms with E-state index in [0.29, 0.717) is 19.0 Å². The maximum Gasteiger partial charge on any atom is 0.161 e. The van der Waals surface area contributed by atoms with Crippen LogP contribution in [-0.4, -0.2) is 29.8 Å². The number of nitriles is 1. The predicted molar refractivity (Wildman–Crippen MR) is 71.3 cm³/mol. The van der Waals surface area contributed by atoms with E-state index in [1.165, 1.54) is 5.56 Å². The van der Waals surface area contributed by atoms with Crippen molar-refractivity contribution in [1.29, 1.82) is 5.26 Å². The highest BCUT2D eigenvalue weighted by molar-refractivity contribution is 5.62. The van der Waals surface area contributed by atoms with Crippen LogP contribution < -0.4 is 4.74 Å². The summed E-state index contributed by atoms with van der Waals surface area (Å²) in [5.74, 6) is 1.66. The smallest absolute Gasteiger partial charge is 0.161 e. The number of hydrogen-bond acceptors (Lipinski definition) is 4. The first-order valence-electron chi connectivity index (χ1n) is 6.61. The first-order chi connectivity index (χ1) is 9.81. The fourth-order valence-electron chi connectivity index (χ4n) is 2.63. The fourth-order valence-corrected chi connectivity index (χ4v) is 2.63. The third-order valence-corrected chi connectivity index (χ3v) is 3.94. The molecule has 0 aliphatic carbocycles. The molecule has 1 saturated heterocycles. The van der Waals surface area contributed by atoms with Crippen LogP contribution in [0.1, 0.15) is 11.4 Å². The highest BCUT2D eigenvalue weighted by atomic mass is 16.5. The number of hydrogen-bond donors (Lipinski definition) is 1. The van der Waals surface area contributed by atoms with Gasteiger partial charge in [-0.05, 0) is 23.8 Å². The van der Waals surface area contributed by atoms with E-state index >= 15 is 0 Å². The molecule has 2 aliphatic heterocycles. The molecule has 0 radical (unpaired) electrons. The Labute approximate surface area is 116 Å². The number of H-pyrrole nitrogens is 1. The van der Waals surface area contributed by atoms with Gasteiger partial charge in [-0.3, -0.25) is 0 Å². The molecule has 1 fully saturated rings. The van der Waals surface area contributed by atoms with Crippen LogP contribution in [0, 0.1) is 11.3 Å². The summed E-state index contributed by atoms with van der Waals surface area (Å²) >= 11 is 0. The molecule has 20 heavy (non-hydrogen) atoms. The van der Waals surface area contributed by atoms with Gasteiger partial charge in [0.2, 0.25) is 0 Å². The second kappa shape index (κ2) is 4.09. The number of rotatable bonds is 2. The molecule has 2 aliphatic rings. The SMILES string of the molecule is N#CC1(c2ncc(-c3ccc4c(c3)CCO4)[nH]2)COC1. The van der Waals surface area contributed by atoms with Gasteiger partial charge in [-0.15, -0.1) is 0 Å². The number of nitrogens with one attached hydrogen (secondary N) is 1. The van der Waals surface area contributed by atoms with Crippen molar-refractivity contribution in [2.75, 3.05) is 19.8 Å². The van der Waals surface area contributed by atoms with Crippen molar-refractivity contribution >= 4 is 0 Å². The topological polar surface area (TPSA) is 70.9 Å². The van der Waals surface area contributed by atoms with E-state index in [4.69, 9.17) is 9.47 Å². The maximum absolute atomic E-state index is 9.29. The maximum atomic E-state index is 9.29. The molecule has 3 heterocycles. The minimum absolute atomic E-state index is 0.411. The average Bonchev–Trinajstić information content (AvgIpc) is 3.06. The van der Waals surface area contributed by atoms with E-state index in [2.05, 4.69) is 22.1 Å². The Hall–Kier alpha value is -2.32. The third-order valence-electron chi connectivity index (χ3n) is 3.94. The zero-order chi connectivity index (χ0) is 13.6. The summed E-state index contributed by atoms with van der Waals surface area (Å²) in [5.41, 5.74) is 2.62. The van der Waals surface area contributed by atoms with Crippen molar-refractivity contribution in [1.82, 2.24) is 9.97 Å². The van der Waals surface area contributed by atoms with Gasteiger partial charge in [0.1, 0.15) is 11.6 Å². The predicted octanol–water partition coefficient (Wildman–Crippen LogP) is 1.80. The highest BCUT2D eigenvalue weighted by Crippen LogP contribution is 2.33. The van der Waals surface area contributed by atoms with Gasteiger partial charge in [-0.1, -0.05) is 0 Å². The standard InChI is InChI=1S/C15H13N3O2/c16-7-15(8-19-9-15)14-17-6-12(18-14)10-1-2-13-11(5-10)3-4-20-13/h1-2,5-6H,3-4,8-9H2,(H,17,18). The molecule has 1 aromatic carbocycles. The molecular weight excluding hydrogens is 254 g/mol. The Balaban J connectivity index is 1.70. The van der Waals surface area contributed by atoms with Crippen LogP contribution in [0.5, 0.6) is 5.75 Å². The van der Waals surface area contributed by atoms with Crippen LogP contribution in [0.15, 0.2) is 24.4 Å². The largest absolute Gasteiger partial charge is 0.493 e. The van der Waals surface area contributed by atoms with Gasteiger partial charge in [0, 0.05) is 12.0 Å². The number of aromatic amines is 1. The Kier molecular flexibility index (Phi) is 2.35. The van der Waals surface area contributed by atoms with Crippen LogP contribution in [0.2, 0.25) is 0 Å². The first-order valence-corrected chi connectivity index (χ1v) is 6.61. The Morgan fingerprint density at radius 1 is 1.35 bits per heavy atom. The van der Waals surface area contributed by atoms with Gasteiger partial charge in [-0.25, -0.2) is 4.98 Å². The van der Waals surface area contributed by atoms with Crippen LogP contribution in [-0.2, 0) is 16.6 Å². The van der Waals surface area contributed by atoms with Crippen LogP contribution in [0.3, 0.4) is 0 Å². The van der Waals surface area contributed by atoms with Gasteiger partial charge < -0.3 is 14.5 Å². The van der Waals surface area contributed by atoms with E-state index in [9.17, 15) is 5.26 Å². The molecule has 100 valence electrons.